The van der Waals surface area contributed by atoms with Crippen molar-refractivity contribution in [1.82, 2.24) is 19.9 Å². The second-order valence-corrected chi connectivity index (χ2v) is 7.09. The van der Waals surface area contributed by atoms with E-state index in [0.717, 1.165) is 11.1 Å². The van der Waals surface area contributed by atoms with Gasteiger partial charge in [0.25, 0.3) is 0 Å². The van der Waals surface area contributed by atoms with Crippen molar-refractivity contribution in [2.24, 2.45) is 0 Å². The molecule has 4 nitrogen and oxygen atoms in total. The summed E-state index contributed by atoms with van der Waals surface area (Å²) in [4.78, 5) is 17.5. The van der Waals surface area contributed by atoms with E-state index in [1.54, 1.807) is 0 Å². The van der Waals surface area contributed by atoms with Crippen LogP contribution in [0.4, 0.5) is 0 Å². The molecule has 2 aromatic rings. The van der Waals surface area contributed by atoms with Gasteiger partial charge in [-0.1, -0.05) is 41.5 Å². The monoisotopic (exact) mass is 270 g/mol. The fourth-order valence-electron chi connectivity index (χ4n) is 1.66. The molecular weight excluding hydrogens is 248 g/mol. The highest BCUT2D eigenvalue weighted by atomic mass is 15.0. The van der Waals surface area contributed by atoms with Crippen LogP contribution in [0.3, 0.4) is 0 Å². The molecule has 0 N–H and O–H groups in total. The molecule has 20 heavy (non-hydrogen) atoms. The molecule has 0 saturated carbocycles. The van der Waals surface area contributed by atoms with Crippen LogP contribution in [-0.2, 0) is 10.8 Å². The summed E-state index contributed by atoms with van der Waals surface area (Å²) in [6, 6.07) is 0. The van der Waals surface area contributed by atoms with Gasteiger partial charge in [0.15, 0.2) is 11.6 Å². The molecule has 0 saturated heterocycles. The summed E-state index contributed by atoms with van der Waals surface area (Å²) in [6.45, 7) is 12.8. The number of aromatic nitrogens is 4. The van der Waals surface area contributed by atoms with Crippen molar-refractivity contribution in [2.75, 3.05) is 0 Å². The molecular formula is C16H22N4. The van der Waals surface area contributed by atoms with E-state index in [2.05, 4.69) is 61.5 Å². The van der Waals surface area contributed by atoms with Crippen molar-refractivity contribution in [3.8, 4) is 11.6 Å². The maximum atomic E-state index is 4.37. The van der Waals surface area contributed by atoms with Gasteiger partial charge in [-0.25, -0.2) is 19.9 Å². The lowest BCUT2D eigenvalue weighted by Gasteiger charge is -2.18. The lowest BCUT2D eigenvalue weighted by Crippen LogP contribution is -2.13. The van der Waals surface area contributed by atoms with E-state index in [4.69, 9.17) is 0 Å². The molecule has 0 bridgehead atoms. The molecule has 0 aliphatic heterocycles. The van der Waals surface area contributed by atoms with E-state index < -0.39 is 0 Å². The molecule has 0 spiro atoms. The van der Waals surface area contributed by atoms with E-state index in [-0.39, 0.29) is 10.8 Å². The average molecular weight is 270 g/mol. The van der Waals surface area contributed by atoms with Crippen molar-refractivity contribution in [3.05, 3.63) is 35.9 Å². The lowest BCUT2D eigenvalue weighted by atomic mass is 9.89. The Balaban J connectivity index is 2.29. The molecule has 0 aliphatic carbocycles. The summed E-state index contributed by atoms with van der Waals surface area (Å²) in [5.74, 6) is 1.14. The van der Waals surface area contributed by atoms with Gasteiger partial charge in [-0.3, -0.25) is 0 Å². The average Bonchev–Trinajstić information content (AvgIpc) is 2.37. The minimum absolute atomic E-state index is 0.0511. The van der Waals surface area contributed by atoms with Gasteiger partial charge in [0.2, 0.25) is 0 Å². The maximum absolute atomic E-state index is 4.37. The largest absolute Gasteiger partial charge is 0.233 e. The zero-order valence-electron chi connectivity index (χ0n) is 13.1. The maximum Gasteiger partial charge on any atom is 0.197 e. The van der Waals surface area contributed by atoms with E-state index in [0.29, 0.717) is 11.6 Å². The van der Waals surface area contributed by atoms with Crippen LogP contribution >= 0.6 is 0 Å². The van der Waals surface area contributed by atoms with Gasteiger partial charge in [-0.2, -0.15) is 0 Å². The number of rotatable bonds is 1. The highest BCUT2D eigenvalue weighted by Gasteiger charge is 2.17. The Morgan fingerprint density at radius 2 is 0.800 bits per heavy atom. The SMILES string of the molecule is CC(C)(C)c1cnc(-c2ncc(C(C)(C)C)cn2)nc1. The Morgan fingerprint density at radius 1 is 0.550 bits per heavy atom. The quantitative estimate of drug-likeness (QED) is 0.795. The minimum Gasteiger partial charge on any atom is -0.233 e. The van der Waals surface area contributed by atoms with Crippen LogP contribution < -0.4 is 0 Å². The van der Waals surface area contributed by atoms with Gasteiger partial charge in [0.1, 0.15) is 0 Å². The summed E-state index contributed by atoms with van der Waals surface area (Å²) in [5.41, 5.74) is 2.31. The van der Waals surface area contributed by atoms with Crippen molar-refractivity contribution in [2.45, 2.75) is 52.4 Å². The summed E-state index contributed by atoms with van der Waals surface area (Å²) >= 11 is 0. The number of hydrogen-bond donors (Lipinski definition) is 0. The Bertz CT molecular complexity index is 516. The second-order valence-electron chi connectivity index (χ2n) is 7.09. The van der Waals surface area contributed by atoms with Crippen LogP contribution in [-0.4, -0.2) is 19.9 Å². The predicted molar refractivity (Wildman–Crippen MR) is 80.5 cm³/mol. The lowest BCUT2D eigenvalue weighted by molar-refractivity contribution is 0.582. The number of hydrogen-bond acceptors (Lipinski definition) is 4. The van der Waals surface area contributed by atoms with Gasteiger partial charge in [-0.15, -0.1) is 0 Å². The fourth-order valence-corrected chi connectivity index (χ4v) is 1.66. The Kier molecular flexibility index (Phi) is 3.59. The minimum atomic E-state index is 0.0511. The molecule has 0 aromatic carbocycles. The Labute approximate surface area is 120 Å². The molecule has 0 atom stereocenters. The van der Waals surface area contributed by atoms with E-state index in [9.17, 15) is 0 Å². The summed E-state index contributed by atoms with van der Waals surface area (Å²) in [6.07, 6.45) is 7.40. The van der Waals surface area contributed by atoms with Crippen molar-refractivity contribution >= 4 is 0 Å². The van der Waals surface area contributed by atoms with Crippen LogP contribution in [0, 0.1) is 0 Å². The van der Waals surface area contributed by atoms with E-state index in [1.165, 1.54) is 0 Å². The first kappa shape index (κ1) is 14.6. The first-order chi connectivity index (χ1) is 9.18. The van der Waals surface area contributed by atoms with Crippen molar-refractivity contribution < 1.29 is 0 Å². The van der Waals surface area contributed by atoms with Gasteiger partial charge in [-0.05, 0) is 22.0 Å². The Morgan fingerprint density at radius 3 is 1.00 bits per heavy atom. The first-order valence-electron chi connectivity index (χ1n) is 6.83. The molecule has 2 aromatic heterocycles. The zero-order valence-corrected chi connectivity index (χ0v) is 13.1. The van der Waals surface area contributed by atoms with Gasteiger partial charge in [0, 0.05) is 24.8 Å². The molecule has 0 fully saturated rings. The van der Waals surface area contributed by atoms with Crippen molar-refractivity contribution in [3.63, 3.8) is 0 Å². The predicted octanol–water partition coefficient (Wildman–Crippen LogP) is 3.53. The van der Waals surface area contributed by atoms with Gasteiger partial charge < -0.3 is 0 Å². The van der Waals surface area contributed by atoms with Crippen LogP contribution in [0.1, 0.15) is 52.7 Å². The van der Waals surface area contributed by atoms with Crippen molar-refractivity contribution in [1.29, 1.82) is 0 Å². The van der Waals surface area contributed by atoms with E-state index >= 15 is 0 Å². The zero-order chi connectivity index (χ0) is 15.0. The third-order valence-corrected chi connectivity index (χ3v) is 3.24. The van der Waals surface area contributed by atoms with E-state index in [1.807, 2.05) is 24.8 Å². The summed E-state index contributed by atoms with van der Waals surface area (Å²) < 4.78 is 0. The molecule has 2 heterocycles. The standard InChI is InChI=1S/C16H22N4/c1-15(2,3)11-7-17-13(18-8-11)14-19-9-12(10-20-14)16(4,5)6/h7-10H,1-6H3. The van der Waals surface area contributed by atoms with Gasteiger partial charge >= 0.3 is 0 Å². The topological polar surface area (TPSA) is 51.6 Å². The molecule has 0 amide bonds. The highest BCUT2D eigenvalue weighted by molar-refractivity contribution is 5.42. The highest BCUT2D eigenvalue weighted by Crippen LogP contribution is 2.23. The Hall–Kier alpha value is -1.84. The summed E-state index contributed by atoms with van der Waals surface area (Å²) in [7, 11) is 0. The number of nitrogens with zero attached hydrogens (tertiary/aromatic N) is 4. The molecule has 0 aliphatic rings. The smallest absolute Gasteiger partial charge is 0.197 e. The van der Waals surface area contributed by atoms with Gasteiger partial charge in [0.05, 0.1) is 0 Å². The van der Waals surface area contributed by atoms with Crippen LogP contribution in [0.25, 0.3) is 11.6 Å². The third-order valence-electron chi connectivity index (χ3n) is 3.24. The molecule has 106 valence electrons. The third kappa shape index (κ3) is 3.18. The van der Waals surface area contributed by atoms with Crippen LogP contribution in [0.15, 0.2) is 24.8 Å². The molecule has 2 rings (SSSR count). The fraction of sp³-hybridized carbons (Fsp3) is 0.500. The molecule has 0 unspecified atom stereocenters. The normalized spacial score (nSPS) is 12.5. The first-order valence-corrected chi connectivity index (χ1v) is 6.83. The summed E-state index contributed by atoms with van der Waals surface area (Å²) in [5, 5.41) is 0. The molecule has 0 radical (unpaired) electrons. The molecule has 4 heteroatoms. The second kappa shape index (κ2) is 4.93. The van der Waals surface area contributed by atoms with Crippen LogP contribution in [0.5, 0.6) is 0 Å². The van der Waals surface area contributed by atoms with Crippen LogP contribution in [0.2, 0.25) is 0 Å².